The first kappa shape index (κ1) is 17.7. The number of halogens is 3. The van der Waals surface area contributed by atoms with Crippen molar-refractivity contribution in [1.82, 2.24) is 15.3 Å². The second kappa shape index (κ2) is 7.73. The number of hydrogen-bond donors (Lipinski definition) is 2. The number of alkyl halides is 3. The van der Waals surface area contributed by atoms with Crippen molar-refractivity contribution in [2.24, 2.45) is 0 Å². The lowest BCUT2D eigenvalue weighted by Gasteiger charge is -2.13. The van der Waals surface area contributed by atoms with Crippen molar-refractivity contribution in [3.63, 3.8) is 0 Å². The quantitative estimate of drug-likeness (QED) is 0.835. The molecule has 9 heteroatoms. The Hall–Kier alpha value is -2.68. The molecule has 24 heavy (non-hydrogen) atoms. The minimum Gasteiger partial charge on any atom is -0.491 e. The van der Waals surface area contributed by atoms with Crippen LogP contribution in [0.25, 0.3) is 0 Å². The molecular weight excluding hydrogens is 327 g/mol. The van der Waals surface area contributed by atoms with Gasteiger partial charge in [-0.1, -0.05) is 0 Å². The number of aliphatic hydroxyl groups excluding tert-OH is 1. The molecule has 2 N–H and O–H groups in total. The first-order valence-corrected chi connectivity index (χ1v) is 6.88. The normalized spacial score (nSPS) is 12.5. The highest BCUT2D eigenvalue weighted by Crippen LogP contribution is 2.30. The average molecular weight is 341 g/mol. The molecule has 0 aliphatic carbocycles. The van der Waals surface area contributed by atoms with Gasteiger partial charge in [0.2, 0.25) is 0 Å². The molecule has 1 aromatic heterocycles. The third-order valence-electron chi connectivity index (χ3n) is 2.92. The fraction of sp³-hybridized carbons (Fsp3) is 0.267. The van der Waals surface area contributed by atoms with Crippen LogP contribution >= 0.6 is 0 Å². The van der Waals surface area contributed by atoms with Crippen LogP contribution in [0.2, 0.25) is 0 Å². The van der Waals surface area contributed by atoms with E-state index in [1.165, 1.54) is 18.6 Å². The Bertz CT molecular complexity index is 663. The van der Waals surface area contributed by atoms with Gasteiger partial charge in [-0.3, -0.25) is 9.78 Å². The summed E-state index contributed by atoms with van der Waals surface area (Å²) in [6, 6.07) is 4.09. The van der Waals surface area contributed by atoms with Crippen LogP contribution in [0.3, 0.4) is 0 Å². The van der Waals surface area contributed by atoms with Crippen molar-refractivity contribution in [2.45, 2.75) is 12.3 Å². The van der Waals surface area contributed by atoms with Gasteiger partial charge in [0, 0.05) is 18.9 Å². The van der Waals surface area contributed by atoms with Gasteiger partial charge in [0.15, 0.2) is 0 Å². The fourth-order valence-electron chi connectivity index (χ4n) is 1.71. The molecule has 128 valence electrons. The van der Waals surface area contributed by atoms with Crippen molar-refractivity contribution < 1.29 is 27.8 Å². The zero-order valence-electron chi connectivity index (χ0n) is 12.3. The van der Waals surface area contributed by atoms with Crippen LogP contribution in [0.1, 0.15) is 16.1 Å². The summed E-state index contributed by atoms with van der Waals surface area (Å²) < 4.78 is 42.4. The second-order valence-corrected chi connectivity index (χ2v) is 4.79. The van der Waals surface area contributed by atoms with Crippen LogP contribution in [0.4, 0.5) is 13.2 Å². The molecule has 0 spiro atoms. The maximum atomic E-state index is 12.4. The Labute approximate surface area is 135 Å². The Kier molecular flexibility index (Phi) is 5.69. The number of rotatable bonds is 6. The highest BCUT2D eigenvalue weighted by Gasteiger charge is 2.30. The summed E-state index contributed by atoms with van der Waals surface area (Å²) in [5.41, 5.74) is -0.681. The Morgan fingerprint density at radius 3 is 2.54 bits per heavy atom. The number of ether oxygens (including phenoxy) is 1. The predicted octanol–water partition coefficient (Wildman–Crippen LogP) is 1.67. The van der Waals surface area contributed by atoms with E-state index in [0.717, 1.165) is 24.3 Å². The zero-order valence-corrected chi connectivity index (χ0v) is 12.3. The van der Waals surface area contributed by atoms with Gasteiger partial charge < -0.3 is 15.2 Å². The zero-order chi connectivity index (χ0) is 17.6. The lowest BCUT2D eigenvalue weighted by Crippen LogP contribution is -2.35. The van der Waals surface area contributed by atoms with E-state index in [9.17, 15) is 23.1 Å². The largest absolute Gasteiger partial charge is 0.491 e. The van der Waals surface area contributed by atoms with Crippen molar-refractivity contribution in [3.8, 4) is 5.75 Å². The number of nitrogens with one attached hydrogen (secondary N) is 1. The highest BCUT2D eigenvalue weighted by atomic mass is 19.4. The smallest absolute Gasteiger partial charge is 0.416 e. The molecule has 0 saturated heterocycles. The topological polar surface area (TPSA) is 84.3 Å². The van der Waals surface area contributed by atoms with Crippen LogP contribution in [0.5, 0.6) is 5.75 Å². The summed E-state index contributed by atoms with van der Waals surface area (Å²) in [6.45, 7) is -0.290. The summed E-state index contributed by atoms with van der Waals surface area (Å²) in [6.07, 6.45) is -1.39. The van der Waals surface area contributed by atoms with Gasteiger partial charge in [-0.25, -0.2) is 4.98 Å². The molecule has 2 aromatic rings. The van der Waals surface area contributed by atoms with E-state index in [1.54, 1.807) is 0 Å². The monoisotopic (exact) mass is 341 g/mol. The van der Waals surface area contributed by atoms with E-state index in [4.69, 9.17) is 4.74 Å². The SMILES string of the molecule is O=C(NC[C@@H](O)COc1ccc(C(F)(F)F)cc1)c1cnccn1. The van der Waals surface area contributed by atoms with Gasteiger partial charge in [0.1, 0.15) is 24.2 Å². The molecule has 0 unspecified atom stereocenters. The maximum absolute atomic E-state index is 12.4. The van der Waals surface area contributed by atoms with E-state index in [0.29, 0.717) is 0 Å². The lowest BCUT2D eigenvalue weighted by atomic mass is 10.2. The number of carbonyl (C=O) groups excluding carboxylic acids is 1. The highest BCUT2D eigenvalue weighted by molar-refractivity contribution is 5.91. The van der Waals surface area contributed by atoms with E-state index in [-0.39, 0.29) is 24.6 Å². The van der Waals surface area contributed by atoms with Gasteiger partial charge >= 0.3 is 6.18 Å². The molecule has 2 rings (SSSR count). The van der Waals surface area contributed by atoms with Crippen molar-refractivity contribution >= 4 is 5.91 Å². The van der Waals surface area contributed by atoms with Gasteiger partial charge in [0.05, 0.1) is 11.8 Å². The number of benzene rings is 1. The molecule has 0 saturated carbocycles. The van der Waals surface area contributed by atoms with Crippen LogP contribution in [0.15, 0.2) is 42.9 Å². The average Bonchev–Trinajstić information content (AvgIpc) is 2.58. The molecular formula is C15H14F3N3O3. The summed E-state index contributed by atoms with van der Waals surface area (Å²) >= 11 is 0. The van der Waals surface area contributed by atoms with E-state index in [2.05, 4.69) is 15.3 Å². The molecule has 1 heterocycles. The molecule has 6 nitrogen and oxygen atoms in total. The van der Waals surface area contributed by atoms with E-state index >= 15 is 0 Å². The van der Waals surface area contributed by atoms with Crippen molar-refractivity contribution in [2.75, 3.05) is 13.2 Å². The first-order chi connectivity index (χ1) is 11.4. The molecule has 1 atom stereocenters. The number of aromatic nitrogens is 2. The summed E-state index contributed by atoms with van der Waals surface area (Å²) in [5.74, 6) is -0.320. The maximum Gasteiger partial charge on any atom is 0.416 e. The lowest BCUT2D eigenvalue weighted by molar-refractivity contribution is -0.137. The minimum absolute atomic E-state index is 0.101. The Morgan fingerprint density at radius 1 is 1.25 bits per heavy atom. The summed E-state index contributed by atoms with van der Waals surface area (Å²) in [7, 11) is 0. The molecule has 1 amide bonds. The van der Waals surface area contributed by atoms with Crippen LogP contribution in [-0.4, -0.2) is 40.2 Å². The Balaban J connectivity index is 1.77. The van der Waals surface area contributed by atoms with E-state index < -0.39 is 23.8 Å². The van der Waals surface area contributed by atoms with Gasteiger partial charge in [-0.2, -0.15) is 13.2 Å². The van der Waals surface area contributed by atoms with Crippen LogP contribution in [0, 0.1) is 0 Å². The molecule has 0 bridgehead atoms. The summed E-state index contributed by atoms with van der Waals surface area (Å²) in [5, 5.41) is 12.2. The van der Waals surface area contributed by atoms with Crippen LogP contribution < -0.4 is 10.1 Å². The number of hydrogen-bond acceptors (Lipinski definition) is 5. The first-order valence-electron chi connectivity index (χ1n) is 6.88. The van der Waals surface area contributed by atoms with Gasteiger partial charge in [-0.15, -0.1) is 0 Å². The molecule has 1 aromatic carbocycles. The number of nitrogens with zero attached hydrogens (tertiary/aromatic N) is 2. The van der Waals surface area contributed by atoms with E-state index in [1.807, 2.05) is 0 Å². The number of aliphatic hydroxyl groups is 1. The Morgan fingerprint density at radius 2 is 1.96 bits per heavy atom. The summed E-state index contributed by atoms with van der Waals surface area (Å²) in [4.78, 5) is 19.2. The van der Waals surface area contributed by atoms with Gasteiger partial charge in [0.25, 0.3) is 5.91 Å². The van der Waals surface area contributed by atoms with Crippen LogP contribution in [-0.2, 0) is 6.18 Å². The number of amides is 1. The minimum atomic E-state index is -4.41. The third kappa shape index (κ3) is 5.20. The molecule has 0 radical (unpaired) electrons. The fourth-order valence-corrected chi connectivity index (χ4v) is 1.71. The van der Waals surface area contributed by atoms with Gasteiger partial charge in [-0.05, 0) is 24.3 Å². The second-order valence-electron chi connectivity index (χ2n) is 4.79. The third-order valence-corrected chi connectivity index (χ3v) is 2.92. The number of carbonyl (C=O) groups is 1. The molecule has 0 aliphatic heterocycles. The standard InChI is InChI=1S/C15H14F3N3O3/c16-15(17,18)10-1-3-12(4-2-10)24-9-11(22)7-21-14(23)13-8-19-5-6-20-13/h1-6,8,11,22H,7,9H2,(H,21,23)/t11-/m1/s1. The van der Waals surface area contributed by atoms with Crippen molar-refractivity contribution in [3.05, 3.63) is 54.1 Å². The molecule has 0 aliphatic rings. The van der Waals surface area contributed by atoms with Crippen molar-refractivity contribution in [1.29, 1.82) is 0 Å². The molecule has 0 fully saturated rings. The predicted molar refractivity (Wildman–Crippen MR) is 77.3 cm³/mol.